The average molecular weight is 355 g/mol. The van der Waals surface area contributed by atoms with Crippen LogP contribution in [0.4, 0.5) is 0 Å². The van der Waals surface area contributed by atoms with Gasteiger partial charge in [0.05, 0.1) is 14.2 Å². The number of benzene rings is 2. The third-order valence-corrected chi connectivity index (χ3v) is 4.58. The maximum atomic E-state index is 5.34. The Labute approximate surface area is 152 Å². The first-order valence-electron chi connectivity index (χ1n) is 8.03. The van der Waals surface area contributed by atoms with Crippen molar-refractivity contribution >= 4 is 11.8 Å². The molecule has 0 aliphatic rings. The molecule has 1 heterocycles. The molecule has 3 aromatic rings. The zero-order valence-electron chi connectivity index (χ0n) is 14.8. The summed E-state index contributed by atoms with van der Waals surface area (Å²) >= 11 is 1.68. The number of methoxy groups -OCH3 is 2. The molecule has 0 amide bonds. The summed E-state index contributed by atoms with van der Waals surface area (Å²) in [4.78, 5) is 0. The Morgan fingerprint density at radius 3 is 2.28 bits per heavy atom. The minimum atomic E-state index is 0.402. The Balaban J connectivity index is 2.13. The summed E-state index contributed by atoms with van der Waals surface area (Å²) in [7, 11) is 3.32. The summed E-state index contributed by atoms with van der Waals surface area (Å²) in [6.45, 7) is 4.28. The van der Waals surface area contributed by atoms with Gasteiger partial charge in [-0.05, 0) is 36.4 Å². The van der Waals surface area contributed by atoms with E-state index in [4.69, 9.17) is 9.47 Å². The number of hydrogen-bond acceptors (Lipinski definition) is 5. The normalized spacial score (nSPS) is 10.9. The van der Waals surface area contributed by atoms with Gasteiger partial charge in [0.25, 0.3) is 0 Å². The number of rotatable bonds is 6. The number of thioether (sulfide) groups is 1. The van der Waals surface area contributed by atoms with Crippen LogP contribution in [0, 0.1) is 0 Å². The van der Waals surface area contributed by atoms with Crippen LogP contribution < -0.4 is 9.47 Å². The molecule has 0 fully saturated rings. The third kappa shape index (κ3) is 3.79. The van der Waals surface area contributed by atoms with Crippen molar-refractivity contribution in [1.29, 1.82) is 0 Å². The molecule has 0 saturated heterocycles. The van der Waals surface area contributed by atoms with Gasteiger partial charge in [-0.2, -0.15) is 0 Å². The van der Waals surface area contributed by atoms with Crippen LogP contribution in [0.2, 0.25) is 0 Å². The predicted molar refractivity (Wildman–Crippen MR) is 101 cm³/mol. The van der Waals surface area contributed by atoms with Crippen molar-refractivity contribution in [1.82, 2.24) is 14.8 Å². The summed E-state index contributed by atoms with van der Waals surface area (Å²) in [5, 5.41) is 10.1. The zero-order valence-corrected chi connectivity index (χ0v) is 15.6. The van der Waals surface area contributed by atoms with E-state index in [-0.39, 0.29) is 0 Å². The first kappa shape index (κ1) is 17.4. The molecule has 0 bridgehead atoms. The smallest absolute Gasteiger partial charge is 0.196 e. The van der Waals surface area contributed by atoms with Crippen LogP contribution in [0.25, 0.3) is 17.1 Å². The monoisotopic (exact) mass is 355 g/mol. The van der Waals surface area contributed by atoms with Crippen LogP contribution in [0.15, 0.2) is 53.7 Å². The molecule has 0 spiro atoms. The molecule has 5 nitrogen and oxygen atoms in total. The molecule has 130 valence electrons. The van der Waals surface area contributed by atoms with Gasteiger partial charge in [-0.15, -0.1) is 10.2 Å². The topological polar surface area (TPSA) is 49.2 Å². The van der Waals surface area contributed by atoms with Crippen LogP contribution in [-0.2, 0) is 0 Å². The summed E-state index contributed by atoms with van der Waals surface area (Å²) in [6.07, 6.45) is 0. The van der Waals surface area contributed by atoms with E-state index >= 15 is 0 Å². The molecule has 0 aliphatic carbocycles. The van der Waals surface area contributed by atoms with Crippen molar-refractivity contribution in [3.05, 3.63) is 48.5 Å². The van der Waals surface area contributed by atoms with Gasteiger partial charge < -0.3 is 9.47 Å². The Morgan fingerprint density at radius 2 is 1.64 bits per heavy atom. The van der Waals surface area contributed by atoms with E-state index in [0.29, 0.717) is 5.25 Å². The first-order valence-corrected chi connectivity index (χ1v) is 8.91. The van der Waals surface area contributed by atoms with Crippen LogP contribution in [0.5, 0.6) is 11.5 Å². The van der Waals surface area contributed by atoms with E-state index in [9.17, 15) is 0 Å². The number of nitrogens with zero attached hydrogens (tertiary/aromatic N) is 3. The fourth-order valence-electron chi connectivity index (χ4n) is 2.47. The van der Waals surface area contributed by atoms with Crippen LogP contribution in [0.1, 0.15) is 13.8 Å². The lowest BCUT2D eigenvalue weighted by Gasteiger charge is -2.12. The molecular weight excluding hydrogens is 334 g/mol. The minimum Gasteiger partial charge on any atom is -0.497 e. The van der Waals surface area contributed by atoms with Crippen molar-refractivity contribution in [2.24, 2.45) is 0 Å². The molecule has 1 aromatic heterocycles. The highest BCUT2D eigenvalue weighted by Crippen LogP contribution is 2.31. The molecular formula is C19H21N3O2S. The van der Waals surface area contributed by atoms with Gasteiger partial charge in [0.1, 0.15) is 11.5 Å². The van der Waals surface area contributed by atoms with Gasteiger partial charge in [-0.25, -0.2) is 0 Å². The van der Waals surface area contributed by atoms with Gasteiger partial charge in [-0.3, -0.25) is 4.57 Å². The molecule has 2 aromatic carbocycles. The maximum absolute atomic E-state index is 5.34. The summed E-state index contributed by atoms with van der Waals surface area (Å²) < 4.78 is 12.7. The highest BCUT2D eigenvalue weighted by atomic mass is 32.2. The number of ether oxygens (including phenoxy) is 2. The molecule has 0 atom stereocenters. The number of hydrogen-bond donors (Lipinski definition) is 0. The van der Waals surface area contributed by atoms with Crippen molar-refractivity contribution < 1.29 is 9.47 Å². The van der Waals surface area contributed by atoms with Crippen molar-refractivity contribution in [2.75, 3.05) is 14.2 Å². The van der Waals surface area contributed by atoms with E-state index in [1.165, 1.54) is 0 Å². The van der Waals surface area contributed by atoms with E-state index in [1.807, 2.05) is 48.5 Å². The second kappa shape index (κ2) is 7.61. The van der Waals surface area contributed by atoms with E-state index in [0.717, 1.165) is 33.7 Å². The Morgan fingerprint density at radius 1 is 0.920 bits per heavy atom. The van der Waals surface area contributed by atoms with Gasteiger partial charge >= 0.3 is 0 Å². The van der Waals surface area contributed by atoms with Gasteiger partial charge in [0, 0.05) is 16.5 Å². The Bertz CT molecular complexity index is 844. The molecule has 6 heteroatoms. The van der Waals surface area contributed by atoms with E-state index in [2.05, 4.69) is 28.6 Å². The Hall–Kier alpha value is -2.47. The largest absolute Gasteiger partial charge is 0.497 e. The van der Waals surface area contributed by atoms with Crippen molar-refractivity contribution in [3.8, 4) is 28.6 Å². The van der Waals surface area contributed by atoms with Crippen LogP contribution in [0.3, 0.4) is 0 Å². The molecule has 3 rings (SSSR count). The first-order chi connectivity index (χ1) is 12.1. The molecule has 0 N–H and O–H groups in total. The summed E-state index contributed by atoms with van der Waals surface area (Å²) in [6, 6.07) is 15.7. The van der Waals surface area contributed by atoms with E-state index < -0.39 is 0 Å². The number of aromatic nitrogens is 3. The van der Waals surface area contributed by atoms with Gasteiger partial charge in [0.15, 0.2) is 11.0 Å². The molecule has 0 radical (unpaired) electrons. The van der Waals surface area contributed by atoms with Crippen molar-refractivity contribution in [2.45, 2.75) is 24.3 Å². The lowest BCUT2D eigenvalue weighted by molar-refractivity contribution is 0.414. The lowest BCUT2D eigenvalue weighted by Crippen LogP contribution is -2.01. The summed E-state index contributed by atoms with van der Waals surface area (Å²) in [5.41, 5.74) is 1.95. The highest BCUT2D eigenvalue weighted by Gasteiger charge is 2.17. The van der Waals surface area contributed by atoms with Gasteiger partial charge in [-0.1, -0.05) is 37.7 Å². The standard InChI is InChI=1S/C19H21N3O2S/c1-13(2)25-19-21-20-18(14-6-5-7-17(12-14)24-4)22(19)15-8-10-16(23-3)11-9-15/h5-13H,1-4H3. The van der Waals surface area contributed by atoms with E-state index in [1.54, 1.807) is 26.0 Å². The lowest BCUT2D eigenvalue weighted by atomic mass is 10.2. The Kier molecular flexibility index (Phi) is 5.28. The molecule has 0 unspecified atom stereocenters. The quantitative estimate of drug-likeness (QED) is 0.611. The fraction of sp³-hybridized carbons (Fsp3) is 0.263. The second-order valence-electron chi connectivity index (χ2n) is 5.74. The predicted octanol–water partition coefficient (Wildman–Crippen LogP) is 4.45. The van der Waals surface area contributed by atoms with Crippen molar-refractivity contribution in [3.63, 3.8) is 0 Å². The SMILES string of the molecule is COc1ccc(-n2c(SC(C)C)nnc2-c2cccc(OC)c2)cc1. The molecule has 25 heavy (non-hydrogen) atoms. The molecule has 0 aliphatic heterocycles. The fourth-order valence-corrected chi connectivity index (χ4v) is 3.28. The highest BCUT2D eigenvalue weighted by molar-refractivity contribution is 7.99. The average Bonchev–Trinajstić information content (AvgIpc) is 3.04. The van der Waals surface area contributed by atoms with Gasteiger partial charge in [0.2, 0.25) is 0 Å². The third-order valence-electron chi connectivity index (χ3n) is 3.63. The summed E-state index contributed by atoms with van der Waals surface area (Å²) in [5.74, 6) is 2.39. The second-order valence-corrected chi connectivity index (χ2v) is 7.28. The zero-order chi connectivity index (χ0) is 17.8. The van der Waals surface area contributed by atoms with Crippen LogP contribution >= 0.6 is 11.8 Å². The van der Waals surface area contributed by atoms with Crippen LogP contribution in [-0.4, -0.2) is 34.2 Å². The maximum Gasteiger partial charge on any atom is 0.196 e. The molecule has 0 saturated carbocycles. The minimum absolute atomic E-state index is 0.402.